The molecule has 7 nitrogen and oxygen atoms in total. The Labute approximate surface area is 191 Å². The maximum absolute atomic E-state index is 13.3. The zero-order valence-electron chi connectivity index (χ0n) is 18.3. The molecule has 0 aliphatic carbocycles. The molecule has 2 aromatic rings. The van der Waals surface area contributed by atoms with Gasteiger partial charge in [0, 0.05) is 31.7 Å². The van der Waals surface area contributed by atoms with Crippen LogP contribution in [0.3, 0.4) is 0 Å². The van der Waals surface area contributed by atoms with Gasteiger partial charge in [-0.3, -0.25) is 9.59 Å². The Balaban J connectivity index is 1.38. The van der Waals surface area contributed by atoms with Gasteiger partial charge in [0.1, 0.15) is 11.9 Å². The Bertz CT molecular complexity index is 940. The molecule has 1 aromatic heterocycles. The average molecular weight is 460 g/mol. The quantitative estimate of drug-likeness (QED) is 0.589. The highest BCUT2D eigenvalue weighted by molar-refractivity contribution is 7.98. The van der Waals surface area contributed by atoms with Crippen LogP contribution in [-0.4, -0.2) is 64.4 Å². The fourth-order valence-corrected chi connectivity index (χ4v) is 5.17. The van der Waals surface area contributed by atoms with Gasteiger partial charge in [0.15, 0.2) is 0 Å². The fourth-order valence-electron chi connectivity index (χ4n) is 4.70. The minimum absolute atomic E-state index is 0.0283. The smallest absolute Gasteiger partial charge is 0.245 e. The Morgan fingerprint density at radius 1 is 1.28 bits per heavy atom. The number of benzene rings is 1. The van der Waals surface area contributed by atoms with Crippen molar-refractivity contribution in [2.45, 2.75) is 43.7 Å². The molecule has 0 radical (unpaired) electrons. The van der Waals surface area contributed by atoms with Crippen molar-refractivity contribution in [2.24, 2.45) is 0 Å². The summed E-state index contributed by atoms with van der Waals surface area (Å²) in [6, 6.07) is 5.32. The Hall–Kier alpha value is -2.39. The van der Waals surface area contributed by atoms with Crippen molar-refractivity contribution in [3.8, 4) is 0 Å². The summed E-state index contributed by atoms with van der Waals surface area (Å²) in [5.41, 5.74) is 2.82. The third-order valence-corrected chi connectivity index (χ3v) is 7.10. The first kappa shape index (κ1) is 22.8. The number of hydrogen-bond donors (Lipinski definition) is 3. The number of thioether (sulfide) groups is 1. The number of piperidine rings is 1. The number of aromatic nitrogens is 2. The minimum Gasteiger partial charge on any atom is -0.348 e. The molecule has 1 atom stereocenters. The van der Waals surface area contributed by atoms with Gasteiger partial charge in [-0.1, -0.05) is 12.1 Å². The van der Waals surface area contributed by atoms with E-state index in [1.165, 1.54) is 17.8 Å². The molecule has 32 heavy (non-hydrogen) atoms. The van der Waals surface area contributed by atoms with E-state index in [1.807, 2.05) is 11.2 Å². The SMILES string of the molecule is CSCC[C@H](NC(=O)Cc1ccc(F)cc1)C(=O)N1CCC2(CC1)NCCc1[nH]cnc12. The topological polar surface area (TPSA) is 90.1 Å². The standard InChI is InChI=1S/C23H30FN5O2S/c1-32-13-7-19(28-20(30)14-16-2-4-17(24)5-3-16)22(31)29-11-8-23(9-12-29)21-18(6-10-27-23)25-15-26-21/h2-5,15,19,27H,6-14H2,1H3,(H,25,26)(H,28,30)/t19-/m0/s1. The number of nitrogens with one attached hydrogen (secondary N) is 3. The molecule has 1 spiro atoms. The van der Waals surface area contributed by atoms with Crippen LogP contribution in [0, 0.1) is 5.82 Å². The Morgan fingerprint density at radius 2 is 2.03 bits per heavy atom. The largest absolute Gasteiger partial charge is 0.348 e. The predicted molar refractivity (Wildman–Crippen MR) is 123 cm³/mol. The zero-order valence-corrected chi connectivity index (χ0v) is 19.1. The van der Waals surface area contributed by atoms with Crippen molar-refractivity contribution in [3.63, 3.8) is 0 Å². The number of aromatic amines is 1. The number of fused-ring (bicyclic) bond motifs is 2. The number of imidazole rings is 1. The maximum atomic E-state index is 13.3. The number of hydrogen-bond acceptors (Lipinski definition) is 5. The maximum Gasteiger partial charge on any atom is 0.245 e. The van der Waals surface area contributed by atoms with E-state index in [9.17, 15) is 14.0 Å². The molecule has 3 N–H and O–H groups in total. The lowest BCUT2D eigenvalue weighted by molar-refractivity contribution is -0.138. The summed E-state index contributed by atoms with van der Waals surface area (Å²) < 4.78 is 13.1. The van der Waals surface area contributed by atoms with Crippen molar-refractivity contribution in [1.29, 1.82) is 0 Å². The number of likely N-dealkylation sites (tertiary alicyclic amines) is 1. The van der Waals surface area contributed by atoms with Crippen LogP contribution in [0.25, 0.3) is 0 Å². The summed E-state index contributed by atoms with van der Waals surface area (Å²) in [7, 11) is 0. The molecule has 2 aliphatic rings. The van der Waals surface area contributed by atoms with Crippen molar-refractivity contribution in [1.82, 2.24) is 25.5 Å². The summed E-state index contributed by atoms with van der Waals surface area (Å²) in [6.45, 7) is 2.16. The van der Waals surface area contributed by atoms with Crippen LogP contribution in [0.4, 0.5) is 4.39 Å². The number of carbonyl (C=O) groups excluding carboxylic acids is 2. The number of rotatable bonds is 7. The lowest BCUT2D eigenvalue weighted by Gasteiger charge is -2.44. The average Bonchev–Trinajstić information content (AvgIpc) is 3.29. The second-order valence-corrected chi connectivity index (χ2v) is 9.50. The van der Waals surface area contributed by atoms with Crippen molar-refractivity contribution < 1.29 is 14.0 Å². The van der Waals surface area contributed by atoms with E-state index < -0.39 is 6.04 Å². The monoisotopic (exact) mass is 459 g/mol. The van der Waals surface area contributed by atoms with Crippen LogP contribution in [0.1, 0.15) is 36.2 Å². The van der Waals surface area contributed by atoms with Gasteiger partial charge in [-0.25, -0.2) is 9.37 Å². The molecule has 0 saturated carbocycles. The predicted octanol–water partition coefficient (Wildman–Crippen LogP) is 1.99. The first-order chi connectivity index (χ1) is 15.5. The molecule has 3 heterocycles. The normalized spacial score (nSPS) is 18.2. The van der Waals surface area contributed by atoms with Gasteiger partial charge >= 0.3 is 0 Å². The highest BCUT2D eigenvalue weighted by Crippen LogP contribution is 2.36. The molecule has 1 saturated heterocycles. The number of halogens is 1. The third-order valence-electron chi connectivity index (χ3n) is 6.46. The Kier molecular flexibility index (Phi) is 7.15. The van der Waals surface area contributed by atoms with Gasteiger partial charge in [0.2, 0.25) is 11.8 Å². The molecule has 0 bridgehead atoms. The lowest BCUT2D eigenvalue weighted by Crippen LogP contribution is -2.58. The van der Waals surface area contributed by atoms with Crippen LogP contribution in [0.5, 0.6) is 0 Å². The number of amides is 2. The van der Waals surface area contributed by atoms with E-state index in [0.29, 0.717) is 19.5 Å². The molecule has 172 valence electrons. The molecular weight excluding hydrogens is 429 g/mol. The van der Waals surface area contributed by atoms with Crippen molar-refractivity contribution >= 4 is 23.6 Å². The zero-order chi connectivity index (χ0) is 22.6. The van der Waals surface area contributed by atoms with Crippen molar-refractivity contribution in [2.75, 3.05) is 31.6 Å². The van der Waals surface area contributed by atoms with Crippen molar-refractivity contribution in [3.05, 3.63) is 53.4 Å². The molecule has 1 aromatic carbocycles. The van der Waals surface area contributed by atoms with E-state index in [1.54, 1.807) is 30.2 Å². The first-order valence-corrected chi connectivity index (χ1v) is 12.5. The molecule has 1 fully saturated rings. The summed E-state index contributed by atoms with van der Waals surface area (Å²) in [6.07, 6.45) is 6.99. The molecule has 0 unspecified atom stereocenters. The van der Waals surface area contributed by atoms with E-state index in [2.05, 4.69) is 20.6 Å². The van der Waals surface area contributed by atoms with E-state index in [0.717, 1.165) is 42.8 Å². The summed E-state index contributed by atoms with van der Waals surface area (Å²) in [4.78, 5) is 35.6. The van der Waals surface area contributed by atoms with Crippen LogP contribution in [0.2, 0.25) is 0 Å². The van der Waals surface area contributed by atoms with Gasteiger partial charge in [0.25, 0.3) is 0 Å². The third kappa shape index (κ3) is 4.99. The second kappa shape index (κ2) is 10.0. The molecule has 2 amide bonds. The van der Waals surface area contributed by atoms with Gasteiger partial charge in [-0.15, -0.1) is 0 Å². The van der Waals surface area contributed by atoms with Crippen LogP contribution in [0.15, 0.2) is 30.6 Å². The van der Waals surface area contributed by atoms with Gasteiger partial charge in [-0.05, 0) is 49.0 Å². The van der Waals surface area contributed by atoms with E-state index in [-0.39, 0.29) is 29.6 Å². The fraction of sp³-hybridized carbons (Fsp3) is 0.522. The van der Waals surface area contributed by atoms with Gasteiger partial charge < -0.3 is 20.5 Å². The number of nitrogens with zero attached hydrogens (tertiary/aromatic N) is 2. The van der Waals surface area contributed by atoms with E-state index in [4.69, 9.17) is 0 Å². The molecular formula is C23H30FN5O2S. The first-order valence-electron chi connectivity index (χ1n) is 11.1. The van der Waals surface area contributed by atoms with E-state index >= 15 is 0 Å². The van der Waals surface area contributed by atoms with Crippen LogP contribution in [-0.2, 0) is 28.0 Å². The molecule has 4 rings (SSSR count). The molecule has 2 aliphatic heterocycles. The number of H-pyrrole nitrogens is 1. The van der Waals surface area contributed by atoms with Gasteiger partial charge in [0.05, 0.1) is 24.0 Å². The highest BCUT2D eigenvalue weighted by Gasteiger charge is 2.42. The summed E-state index contributed by atoms with van der Waals surface area (Å²) in [5, 5.41) is 6.57. The Morgan fingerprint density at radius 3 is 2.75 bits per heavy atom. The minimum atomic E-state index is -0.551. The van der Waals surface area contributed by atoms with Crippen LogP contribution >= 0.6 is 11.8 Å². The second-order valence-electron chi connectivity index (χ2n) is 8.52. The van der Waals surface area contributed by atoms with Crippen LogP contribution < -0.4 is 10.6 Å². The van der Waals surface area contributed by atoms with Gasteiger partial charge in [-0.2, -0.15) is 11.8 Å². The highest BCUT2D eigenvalue weighted by atomic mass is 32.2. The number of carbonyl (C=O) groups is 2. The summed E-state index contributed by atoms with van der Waals surface area (Å²) in [5.74, 6) is 0.196. The summed E-state index contributed by atoms with van der Waals surface area (Å²) >= 11 is 1.65. The molecule has 9 heteroatoms. The lowest BCUT2D eigenvalue weighted by atomic mass is 9.80.